The molecule has 0 saturated carbocycles. The van der Waals surface area contributed by atoms with E-state index in [9.17, 15) is 4.79 Å². The Labute approximate surface area is 544 Å². The maximum atomic E-state index is 12.6. The zero-order valence-electron chi connectivity index (χ0n) is 58.1. The number of aryl methyl sites for hydroxylation is 8. The molecule has 0 radical (unpaired) electrons. The summed E-state index contributed by atoms with van der Waals surface area (Å²) in [6, 6.07) is 52.3. The molecular weight excluding hydrogens is 1080 g/mol. The van der Waals surface area contributed by atoms with Crippen LogP contribution in [0, 0.1) is 55.4 Å². The van der Waals surface area contributed by atoms with Gasteiger partial charge < -0.3 is 9.47 Å². The van der Waals surface area contributed by atoms with Gasteiger partial charge in [0.1, 0.15) is 17.2 Å². The molecule has 1 aliphatic carbocycles. The fourth-order valence-corrected chi connectivity index (χ4v) is 12.6. The first-order chi connectivity index (χ1) is 43.3. The van der Waals surface area contributed by atoms with Crippen molar-refractivity contribution in [2.45, 2.75) is 274 Å². The second-order valence-corrected chi connectivity index (χ2v) is 26.4. The zero-order chi connectivity index (χ0) is 63.9. The number of hydrogen-bond acceptors (Lipinski definition) is 3. The number of benzene rings is 7. The lowest BCUT2D eigenvalue weighted by atomic mass is 9.70. The molecule has 7 aromatic rings. The van der Waals surface area contributed by atoms with Crippen LogP contribution in [0.1, 0.15) is 285 Å². The van der Waals surface area contributed by atoms with Crippen LogP contribution in [0.3, 0.4) is 0 Å². The predicted molar refractivity (Wildman–Crippen MR) is 387 cm³/mol. The van der Waals surface area contributed by atoms with Crippen LogP contribution in [0.15, 0.2) is 152 Å². The predicted octanol–water partition coefficient (Wildman–Crippen LogP) is 26.6. The number of ketones is 1. The van der Waals surface area contributed by atoms with Gasteiger partial charge in [-0.1, -0.05) is 325 Å². The van der Waals surface area contributed by atoms with Gasteiger partial charge in [-0.25, -0.2) is 0 Å². The maximum absolute atomic E-state index is 12.6. The van der Waals surface area contributed by atoms with Gasteiger partial charge in [-0.2, -0.15) is 0 Å². The van der Waals surface area contributed by atoms with Crippen molar-refractivity contribution >= 4 is 5.78 Å². The van der Waals surface area contributed by atoms with Crippen LogP contribution >= 0.6 is 0 Å². The van der Waals surface area contributed by atoms with Crippen LogP contribution in [0.5, 0.6) is 17.2 Å². The molecule has 0 unspecified atom stereocenters. The smallest absolute Gasteiger partial charge is 0.193 e. The highest BCUT2D eigenvalue weighted by Crippen LogP contribution is 2.54. The highest BCUT2D eigenvalue weighted by Gasteiger charge is 2.42. The van der Waals surface area contributed by atoms with Crippen molar-refractivity contribution in [2.75, 3.05) is 6.61 Å². The average Bonchev–Trinajstić information content (AvgIpc) is 1.58. The lowest BCUT2D eigenvalue weighted by molar-refractivity contribution is 0.103. The maximum Gasteiger partial charge on any atom is 0.193 e. The number of hydrogen-bond donors (Lipinski definition) is 0. The number of para-hydroxylation sites is 1. The molecular formula is C86H120O3. The first kappa shape index (κ1) is 73.5. The van der Waals surface area contributed by atoms with Crippen molar-refractivity contribution < 1.29 is 14.3 Å². The Hall–Kier alpha value is -6.19. The third-order valence-electron chi connectivity index (χ3n) is 18.1. The average molecular weight is 1200 g/mol. The third kappa shape index (κ3) is 27.0. The fourth-order valence-electron chi connectivity index (χ4n) is 12.6. The summed E-state index contributed by atoms with van der Waals surface area (Å²) in [7, 11) is 0. The van der Waals surface area contributed by atoms with Crippen LogP contribution in [0.4, 0.5) is 0 Å². The van der Waals surface area contributed by atoms with Gasteiger partial charge in [-0.05, 0) is 162 Å². The van der Waals surface area contributed by atoms with Gasteiger partial charge >= 0.3 is 0 Å². The Morgan fingerprint density at radius 3 is 1.15 bits per heavy atom. The van der Waals surface area contributed by atoms with Gasteiger partial charge in [0.25, 0.3) is 0 Å². The van der Waals surface area contributed by atoms with E-state index in [-0.39, 0.29) is 11.2 Å². The van der Waals surface area contributed by atoms with E-state index < -0.39 is 0 Å². The Morgan fingerprint density at radius 2 is 0.697 bits per heavy atom. The normalized spacial score (nSPS) is 11.7. The zero-order valence-corrected chi connectivity index (χ0v) is 58.1. The first-order valence-corrected chi connectivity index (χ1v) is 35.7. The summed E-state index contributed by atoms with van der Waals surface area (Å²) >= 11 is 0. The van der Waals surface area contributed by atoms with Gasteiger partial charge in [0.2, 0.25) is 0 Å². The third-order valence-corrected chi connectivity index (χ3v) is 18.1. The monoisotopic (exact) mass is 1200 g/mol. The number of fused-ring (bicyclic) bond motifs is 3. The Morgan fingerprint density at radius 1 is 0.337 bits per heavy atom. The molecule has 0 saturated heterocycles. The lowest BCUT2D eigenvalue weighted by Gasteiger charge is -2.33. The van der Waals surface area contributed by atoms with Crippen LogP contribution in [-0.2, 0) is 5.41 Å². The topological polar surface area (TPSA) is 35.5 Å². The number of carbonyl (C=O) groups excluding carboxylic acids is 1. The van der Waals surface area contributed by atoms with Crippen LogP contribution in [0.2, 0.25) is 0 Å². The van der Waals surface area contributed by atoms with Crippen molar-refractivity contribution in [2.24, 2.45) is 0 Å². The van der Waals surface area contributed by atoms with Crippen molar-refractivity contribution in [3.8, 4) is 28.4 Å². The van der Waals surface area contributed by atoms with E-state index in [1.165, 1.54) is 237 Å². The molecule has 0 N–H and O–H groups in total. The van der Waals surface area contributed by atoms with Gasteiger partial charge in [0.05, 0.1) is 6.61 Å². The van der Waals surface area contributed by atoms with Gasteiger partial charge in [-0.3, -0.25) is 4.79 Å². The van der Waals surface area contributed by atoms with E-state index in [2.05, 4.69) is 141 Å². The summed E-state index contributed by atoms with van der Waals surface area (Å²) in [5.41, 5.74) is 18.1. The molecule has 0 aliphatic heterocycles. The summed E-state index contributed by atoms with van der Waals surface area (Å²) in [4.78, 5) is 12.6. The molecule has 8 rings (SSSR count). The van der Waals surface area contributed by atoms with E-state index in [0.717, 1.165) is 34.8 Å². The highest BCUT2D eigenvalue weighted by molar-refractivity contribution is 6.10. The minimum Gasteiger partial charge on any atom is -0.493 e. The summed E-state index contributed by atoms with van der Waals surface area (Å²) in [5.74, 6) is 2.59. The molecule has 0 bridgehead atoms. The second kappa shape index (κ2) is 42.7. The van der Waals surface area contributed by atoms with Gasteiger partial charge in [0, 0.05) is 16.5 Å². The lowest BCUT2D eigenvalue weighted by Crippen LogP contribution is -2.25. The molecule has 0 aromatic heterocycles. The van der Waals surface area contributed by atoms with Crippen molar-refractivity contribution in [3.05, 3.63) is 218 Å². The molecule has 482 valence electrons. The second-order valence-electron chi connectivity index (χ2n) is 26.4. The fraction of sp³-hybridized carbons (Fsp3) is 0.500. The van der Waals surface area contributed by atoms with E-state index >= 15 is 0 Å². The molecule has 0 amide bonds. The van der Waals surface area contributed by atoms with E-state index in [0.29, 0.717) is 11.3 Å². The summed E-state index contributed by atoms with van der Waals surface area (Å²) in [5, 5.41) is 0. The Kier molecular flexibility index (Phi) is 35.3. The van der Waals surface area contributed by atoms with Gasteiger partial charge in [-0.15, -0.1) is 0 Å². The summed E-state index contributed by atoms with van der Waals surface area (Å²) < 4.78 is 11.6. The SMILES string of the molecule is CCCCCCCCCCCCC1(CCCCCCCCCCCC)c2cc(C)ccc2-c2ccc(C)cc21.CCCCCCCCCCOc1cc(C)ccc1C.Cc1ccc(C)c(C(=O)c2ccc(Oc3ccccc3)cc2)c1.Cc1ccc(C)cc1. The van der Waals surface area contributed by atoms with E-state index in [1.54, 1.807) is 11.1 Å². The summed E-state index contributed by atoms with van der Waals surface area (Å²) in [6.07, 6.45) is 41.8. The minimum absolute atomic E-state index is 0.0393. The van der Waals surface area contributed by atoms with E-state index in [4.69, 9.17) is 9.47 Å². The highest BCUT2D eigenvalue weighted by atomic mass is 16.5. The molecule has 1 aliphatic rings. The Balaban J connectivity index is 0.000000243. The Bertz CT molecular complexity index is 2920. The molecule has 0 atom stereocenters. The molecule has 0 heterocycles. The van der Waals surface area contributed by atoms with E-state index in [1.807, 2.05) is 86.6 Å². The van der Waals surface area contributed by atoms with Crippen LogP contribution in [-0.4, -0.2) is 12.4 Å². The molecule has 3 nitrogen and oxygen atoms in total. The van der Waals surface area contributed by atoms with Gasteiger partial charge in [0.15, 0.2) is 5.78 Å². The number of rotatable bonds is 36. The van der Waals surface area contributed by atoms with Crippen molar-refractivity contribution in [1.29, 1.82) is 0 Å². The molecule has 3 heteroatoms. The molecule has 0 spiro atoms. The summed E-state index contributed by atoms with van der Waals surface area (Å²) in [6.45, 7) is 24.7. The number of unbranched alkanes of at least 4 members (excludes halogenated alkanes) is 25. The number of ether oxygens (including phenoxy) is 2. The van der Waals surface area contributed by atoms with Crippen LogP contribution in [0.25, 0.3) is 11.1 Å². The number of carbonyl (C=O) groups is 1. The molecule has 0 fully saturated rings. The largest absolute Gasteiger partial charge is 0.493 e. The molecule has 7 aromatic carbocycles. The molecule has 89 heavy (non-hydrogen) atoms. The standard InChI is InChI=1S/C39H62.C21H18O2.C18H30O.C8H10/c1-5-7-9-11-13-15-17-19-21-23-29-39(30-24-22-20-18-16-14-12-10-8-6-2)37-31-33(3)25-27-35(37)36-28-26-34(4)32-38(36)39;1-15-8-9-16(2)20(14-15)21(22)17-10-12-19(13-11-17)23-18-6-4-3-5-7-18;1-4-5-6-7-8-9-10-11-14-19-18-15-16(2)12-13-17(18)3;1-7-3-5-8(2)6-4-7/h25-28,31-32H,5-24,29-30H2,1-4H3;3-14H,1-2H3;12-13,15H,4-11,14H2,1-3H3;3-6H,1-2H3. The quantitative estimate of drug-likeness (QED) is 0.0290. The first-order valence-electron chi connectivity index (χ1n) is 35.7. The van der Waals surface area contributed by atoms with Crippen LogP contribution < -0.4 is 9.47 Å². The van der Waals surface area contributed by atoms with Crippen molar-refractivity contribution in [1.82, 2.24) is 0 Å². The minimum atomic E-state index is 0.0393. The van der Waals surface area contributed by atoms with Crippen molar-refractivity contribution in [3.63, 3.8) is 0 Å².